The highest BCUT2D eigenvalue weighted by molar-refractivity contribution is 6.32. The minimum atomic E-state index is -1.29. The number of halogens is 1. The average molecular weight is 506 g/mol. The summed E-state index contributed by atoms with van der Waals surface area (Å²) < 4.78 is 0. The number of aromatic hydroxyl groups is 1. The van der Waals surface area contributed by atoms with Gasteiger partial charge in [0.1, 0.15) is 5.75 Å². The Kier molecular flexibility index (Phi) is 5.50. The van der Waals surface area contributed by atoms with Gasteiger partial charge in [-0.25, -0.2) is 4.90 Å². The molecule has 182 valence electrons. The van der Waals surface area contributed by atoms with Crippen molar-refractivity contribution in [2.45, 2.75) is 17.8 Å². The number of amides is 2. The third-order valence-electron chi connectivity index (χ3n) is 7.79. The first-order chi connectivity index (χ1) is 18.0. The van der Waals surface area contributed by atoms with Crippen LogP contribution in [0.25, 0.3) is 10.8 Å². The van der Waals surface area contributed by atoms with Crippen LogP contribution in [0.5, 0.6) is 5.75 Å². The molecule has 5 heteroatoms. The van der Waals surface area contributed by atoms with Crippen LogP contribution >= 0.6 is 11.6 Å². The smallest absolute Gasteiger partial charge is 0.246 e. The van der Waals surface area contributed by atoms with Crippen LogP contribution in [0.4, 0.5) is 5.69 Å². The van der Waals surface area contributed by atoms with E-state index in [0.717, 1.165) is 21.9 Å². The lowest BCUT2D eigenvalue weighted by atomic mass is 9.55. The zero-order chi connectivity index (χ0) is 25.7. The monoisotopic (exact) mass is 505 g/mol. The van der Waals surface area contributed by atoms with Crippen LogP contribution in [0.3, 0.4) is 0 Å². The molecule has 1 heterocycles. The number of hydrogen-bond acceptors (Lipinski definition) is 3. The van der Waals surface area contributed by atoms with Crippen LogP contribution in [-0.2, 0) is 15.0 Å². The van der Waals surface area contributed by atoms with Crippen molar-refractivity contribution in [1.82, 2.24) is 0 Å². The van der Waals surface area contributed by atoms with E-state index in [2.05, 4.69) is 6.58 Å². The Bertz CT molecular complexity index is 1610. The van der Waals surface area contributed by atoms with E-state index in [9.17, 15) is 14.7 Å². The van der Waals surface area contributed by atoms with Crippen LogP contribution in [0.1, 0.15) is 23.5 Å². The highest BCUT2D eigenvalue weighted by Gasteiger charge is 2.66. The standard InChI is InChI=1S/C32H24ClNO3/c1-2-20-15-17-26-30(36)34(24-13-8-12-23(33)19-24)31(37)32(26,22-10-4-3-5-11-22)29(20)28-25-14-7-6-9-21(25)16-18-27(28)35/h2-16,18-19,26,29,35H,1,17H2/t26-,29+,32+/m0/s1. The predicted molar refractivity (Wildman–Crippen MR) is 147 cm³/mol. The molecule has 1 aliphatic heterocycles. The molecule has 4 aromatic rings. The van der Waals surface area contributed by atoms with Gasteiger partial charge in [-0.15, -0.1) is 0 Å². The first kappa shape index (κ1) is 23.3. The molecular formula is C32H24ClNO3. The summed E-state index contributed by atoms with van der Waals surface area (Å²) in [5.41, 5.74) is 1.30. The molecule has 4 aromatic carbocycles. The fourth-order valence-electron chi connectivity index (χ4n) is 6.28. The minimum absolute atomic E-state index is 0.0776. The summed E-state index contributed by atoms with van der Waals surface area (Å²) in [4.78, 5) is 30.2. The Morgan fingerprint density at radius 3 is 2.46 bits per heavy atom. The topological polar surface area (TPSA) is 57.6 Å². The van der Waals surface area contributed by atoms with Gasteiger partial charge in [-0.3, -0.25) is 9.59 Å². The highest BCUT2D eigenvalue weighted by Crippen LogP contribution is 2.60. The van der Waals surface area contributed by atoms with Gasteiger partial charge in [-0.1, -0.05) is 97.1 Å². The Balaban J connectivity index is 1.71. The van der Waals surface area contributed by atoms with Gasteiger partial charge < -0.3 is 5.11 Å². The van der Waals surface area contributed by atoms with E-state index in [1.165, 1.54) is 4.90 Å². The minimum Gasteiger partial charge on any atom is -0.508 e. The quantitative estimate of drug-likeness (QED) is 0.306. The first-order valence-electron chi connectivity index (χ1n) is 12.2. The largest absolute Gasteiger partial charge is 0.508 e. The molecule has 37 heavy (non-hydrogen) atoms. The second-order valence-electron chi connectivity index (χ2n) is 9.54. The molecular weight excluding hydrogens is 482 g/mol. The summed E-state index contributed by atoms with van der Waals surface area (Å²) >= 11 is 6.27. The van der Waals surface area contributed by atoms with Crippen LogP contribution in [0.2, 0.25) is 5.02 Å². The number of phenolic OH excluding ortho intramolecular Hbond substituents is 1. The number of fused-ring (bicyclic) bond motifs is 2. The number of anilines is 1. The van der Waals surface area contributed by atoms with Gasteiger partial charge >= 0.3 is 0 Å². The number of phenols is 1. The fourth-order valence-corrected chi connectivity index (χ4v) is 6.46. The zero-order valence-electron chi connectivity index (χ0n) is 20.0. The summed E-state index contributed by atoms with van der Waals surface area (Å²) in [6, 6.07) is 27.6. The van der Waals surface area contributed by atoms with Crippen molar-refractivity contribution >= 4 is 39.9 Å². The molecule has 0 saturated carbocycles. The van der Waals surface area contributed by atoms with Gasteiger partial charge in [0.15, 0.2) is 0 Å². The number of nitrogens with zero attached hydrogens (tertiary/aromatic N) is 1. The first-order valence-corrected chi connectivity index (χ1v) is 12.6. The van der Waals surface area contributed by atoms with E-state index in [-0.39, 0.29) is 17.6 Å². The van der Waals surface area contributed by atoms with E-state index in [0.29, 0.717) is 22.7 Å². The number of carbonyl (C=O) groups excluding carboxylic acids is 2. The molecule has 0 bridgehead atoms. The normalized spacial score (nSPS) is 23.2. The molecule has 0 unspecified atom stereocenters. The second-order valence-corrected chi connectivity index (χ2v) is 9.98. The molecule has 0 spiro atoms. The van der Waals surface area contributed by atoms with Gasteiger partial charge in [0.25, 0.3) is 0 Å². The van der Waals surface area contributed by atoms with Gasteiger partial charge in [0.2, 0.25) is 11.8 Å². The Morgan fingerprint density at radius 2 is 1.70 bits per heavy atom. The van der Waals surface area contributed by atoms with Gasteiger partial charge in [-0.2, -0.15) is 0 Å². The second kappa shape index (κ2) is 8.75. The van der Waals surface area contributed by atoms with Crippen molar-refractivity contribution in [3.63, 3.8) is 0 Å². The molecule has 2 amide bonds. The van der Waals surface area contributed by atoms with Crippen LogP contribution in [0, 0.1) is 5.92 Å². The van der Waals surface area contributed by atoms with E-state index >= 15 is 0 Å². The Morgan fingerprint density at radius 1 is 0.946 bits per heavy atom. The third kappa shape index (κ3) is 3.29. The number of imide groups is 1. The fraction of sp³-hybridized carbons (Fsp3) is 0.125. The van der Waals surface area contributed by atoms with E-state index in [1.54, 1.807) is 36.4 Å². The van der Waals surface area contributed by atoms with E-state index in [1.807, 2.05) is 66.7 Å². The van der Waals surface area contributed by atoms with E-state index in [4.69, 9.17) is 11.6 Å². The molecule has 3 atom stereocenters. The van der Waals surface area contributed by atoms with Crippen molar-refractivity contribution in [1.29, 1.82) is 0 Å². The molecule has 0 radical (unpaired) electrons. The lowest BCUT2D eigenvalue weighted by Gasteiger charge is -2.43. The lowest BCUT2D eigenvalue weighted by Crippen LogP contribution is -2.48. The SMILES string of the molecule is C=CC1=CC[C@H]2C(=O)N(c3cccc(Cl)c3)C(=O)[C@@]2(c2ccccc2)[C@H]1c1c(O)ccc2ccccc12. The molecule has 0 aromatic heterocycles. The highest BCUT2D eigenvalue weighted by atomic mass is 35.5. The number of rotatable bonds is 4. The number of benzene rings is 4. The maximum atomic E-state index is 14.8. The molecule has 1 N–H and O–H groups in total. The van der Waals surface area contributed by atoms with Crippen LogP contribution in [-0.4, -0.2) is 16.9 Å². The van der Waals surface area contributed by atoms with Gasteiger partial charge in [0.05, 0.1) is 17.0 Å². The summed E-state index contributed by atoms with van der Waals surface area (Å²) in [6.45, 7) is 4.06. The molecule has 4 nitrogen and oxygen atoms in total. The predicted octanol–water partition coefficient (Wildman–Crippen LogP) is 6.93. The Hall–Kier alpha value is -4.15. The van der Waals surface area contributed by atoms with Crippen molar-refractivity contribution < 1.29 is 14.7 Å². The van der Waals surface area contributed by atoms with Crippen molar-refractivity contribution in [2.24, 2.45) is 5.92 Å². The van der Waals surface area contributed by atoms with Crippen molar-refractivity contribution in [2.75, 3.05) is 4.90 Å². The summed E-state index contributed by atoms with van der Waals surface area (Å²) in [7, 11) is 0. The molecule has 1 aliphatic carbocycles. The average Bonchev–Trinajstić information content (AvgIpc) is 3.15. The third-order valence-corrected chi connectivity index (χ3v) is 8.03. The molecule has 1 fully saturated rings. The van der Waals surface area contributed by atoms with Crippen molar-refractivity contribution in [3.05, 3.63) is 131 Å². The lowest BCUT2D eigenvalue weighted by molar-refractivity contribution is -0.123. The van der Waals surface area contributed by atoms with Crippen LogP contribution < -0.4 is 4.90 Å². The summed E-state index contributed by atoms with van der Waals surface area (Å²) in [6.07, 6.45) is 4.10. The summed E-state index contributed by atoms with van der Waals surface area (Å²) in [5, 5.41) is 13.5. The number of allylic oxidation sites excluding steroid dienone is 3. The molecule has 1 saturated heterocycles. The Labute approximate surface area is 220 Å². The van der Waals surface area contributed by atoms with Gasteiger partial charge in [-0.05, 0) is 52.6 Å². The van der Waals surface area contributed by atoms with Crippen molar-refractivity contribution in [3.8, 4) is 5.75 Å². The maximum absolute atomic E-state index is 14.8. The number of carbonyl (C=O) groups is 2. The van der Waals surface area contributed by atoms with E-state index < -0.39 is 17.3 Å². The molecule has 6 rings (SSSR count). The summed E-state index contributed by atoms with van der Waals surface area (Å²) in [5.74, 6) is -1.85. The molecule has 2 aliphatic rings. The van der Waals surface area contributed by atoms with Gasteiger partial charge in [0, 0.05) is 16.5 Å². The number of hydrogen-bond donors (Lipinski definition) is 1. The van der Waals surface area contributed by atoms with Crippen LogP contribution in [0.15, 0.2) is 115 Å². The maximum Gasteiger partial charge on any atom is 0.246 e. The zero-order valence-corrected chi connectivity index (χ0v) is 20.7.